The molecule has 2 aromatic carbocycles. The van der Waals surface area contributed by atoms with Crippen molar-refractivity contribution in [1.82, 2.24) is 10.2 Å². The summed E-state index contributed by atoms with van der Waals surface area (Å²) in [5.41, 5.74) is 1.37. The lowest BCUT2D eigenvalue weighted by Crippen LogP contribution is -2.41. The number of anilines is 1. The smallest absolute Gasteiger partial charge is 0.264 e. The van der Waals surface area contributed by atoms with E-state index in [-0.39, 0.29) is 17.3 Å². The number of amides is 1. The summed E-state index contributed by atoms with van der Waals surface area (Å²) in [4.78, 5) is 15.2. The molecule has 7 nitrogen and oxygen atoms in total. The van der Waals surface area contributed by atoms with Crippen LogP contribution in [-0.2, 0) is 14.8 Å². The number of nitrogens with zero attached hydrogens (tertiary/aromatic N) is 2. The van der Waals surface area contributed by atoms with Gasteiger partial charge in [-0.25, -0.2) is 8.42 Å². The van der Waals surface area contributed by atoms with Crippen molar-refractivity contribution in [2.45, 2.75) is 31.1 Å². The number of hydrogen-bond acceptors (Lipinski definition) is 5. The number of nitrogens with one attached hydrogen (secondary N) is 1. The first-order valence-corrected chi connectivity index (χ1v) is 12.1. The van der Waals surface area contributed by atoms with Gasteiger partial charge in [0, 0.05) is 6.54 Å². The van der Waals surface area contributed by atoms with Crippen LogP contribution in [0, 0.1) is 6.92 Å². The Kier molecular flexibility index (Phi) is 7.92. The highest BCUT2D eigenvalue weighted by Gasteiger charge is 2.27. The molecule has 0 saturated carbocycles. The second-order valence-corrected chi connectivity index (χ2v) is 9.64. The van der Waals surface area contributed by atoms with Gasteiger partial charge < -0.3 is 15.0 Å². The molecule has 0 bridgehead atoms. The normalized spacial score (nSPS) is 14.4. The Labute approximate surface area is 185 Å². The summed E-state index contributed by atoms with van der Waals surface area (Å²) in [6, 6.07) is 13.3. The number of rotatable bonds is 10. The Morgan fingerprint density at radius 1 is 1.06 bits per heavy atom. The summed E-state index contributed by atoms with van der Waals surface area (Å²) in [7, 11) is -2.36. The standard InChI is InChI=1S/C23H31N3O4S/c1-19-6-12-22(13-7-19)31(28,29)26(20-8-10-21(30-2)11-9-20)18-23(27)24-14-5-17-25-15-3-4-16-25/h6-13H,3-5,14-18H2,1-2H3,(H,24,27). The van der Waals surface area contributed by atoms with E-state index in [1.807, 2.05) is 6.92 Å². The monoisotopic (exact) mass is 445 g/mol. The third-order valence-electron chi connectivity index (χ3n) is 5.43. The van der Waals surface area contributed by atoms with Crippen molar-refractivity contribution in [2.24, 2.45) is 0 Å². The number of benzene rings is 2. The van der Waals surface area contributed by atoms with Gasteiger partial charge >= 0.3 is 0 Å². The first-order chi connectivity index (χ1) is 14.9. The van der Waals surface area contributed by atoms with Gasteiger partial charge in [-0.05, 0) is 82.2 Å². The summed E-state index contributed by atoms with van der Waals surface area (Å²) >= 11 is 0. The van der Waals surface area contributed by atoms with Crippen LogP contribution in [0.5, 0.6) is 5.75 Å². The van der Waals surface area contributed by atoms with Crippen molar-refractivity contribution in [3.63, 3.8) is 0 Å². The van der Waals surface area contributed by atoms with Gasteiger partial charge in [-0.15, -0.1) is 0 Å². The van der Waals surface area contributed by atoms with Crippen LogP contribution < -0.4 is 14.4 Å². The molecule has 2 aromatic rings. The first-order valence-electron chi connectivity index (χ1n) is 10.6. The van der Waals surface area contributed by atoms with Gasteiger partial charge in [-0.2, -0.15) is 0 Å². The van der Waals surface area contributed by atoms with Crippen LogP contribution in [0.15, 0.2) is 53.4 Å². The minimum Gasteiger partial charge on any atom is -0.497 e. The second-order valence-electron chi connectivity index (χ2n) is 7.78. The number of sulfonamides is 1. The molecule has 0 aromatic heterocycles. The number of ether oxygens (including phenoxy) is 1. The van der Waals surface area contributed by atoms with Crippen molar-refractivity contribution in [3.05, 3.63) is 54.1 Å². The van der Waals surface area contributed by atoms with Crippen LogP contribution in [0.25, 0.3) is 0 Å². The molecule has 168 valence electrons. The van der Waals surface area contributed by atoms with Crippen LogP contribution in [0.2, 0.25) is 0 Å². The molecule has 0 atom stereocenters. The van der Waals surface area contributed by atoms with E-state index in [9.17, 15) is 13.2 Å². The minimum absolute atomic E-state index is 0.149. The highest BCUT2D eigenvalue weighted by Crippen LogP contribution is 2.26. The Bertz CT molecular complexity index is 953. The first kappa shape index (κ1) is 23.1. The molecule has 1 amide bonds. The number of carbonyl (C=O) groups is 1. The maximum atomic E-state index is 13.3. The average molecular weight is 446 g/mol. The Morgan fingerprint density at radius 3 is 2.32 bits per heavy atom. The minimum atomic E-state index is -3.91. The fourth-order valence-electron chi connectivity index (χ4n) is 3.62. The Hall–Kier alpha value is -2.58. The molecule has 0 radical (unpaired) electrons. The summed E-state index contributed by atoms with van der Waals surface area (Å²) in [6.07, 6.45) is 3.32. The van der Waals surface area contributed by atoms with Crippen LogP contribution in [0.3, 0.4) is 0 Å². The van der Waals surface area contributed by atoms with E-state index >= 15 is 0 Å². The highest BCUT2D eigenvalue weighted by atomic mass is 32.2. The number of methoxy groups -OCH3 is 1. The average Bonchev–Trinajstić information content (AvgIpc) is 3.29. The SMILES string of the molecule is COc1ccc(N(CC(=O)NCCCN2CCCC2)S(=O)(=O)c2ccc(C)cc2)cc1. The lowest BCUT2D eigenvalue weighted by atomic mass is 10.2. The van der Waals surface area contributed by atoms with Crippen molar-refractivity contribution in [1.29, 1.82) is 0 Å². The van der Waals surface area contributed by atoms with E-state index in [0.29, 0.717) is 18.0 Å². The topological polar surface area (TPSA) is 79.0 Å². The summed E-state index contributed by atoms with van der Waals surface area (Å²) in [5, 5.41) is 2.87. The third kappa shape index (κ3) is 6.21. The fraction of sp³-hybridized carbons (Fsp3) is 0.435. The van der Waals surface area contributed by atoms with Gasteiger partial charge in [0.2, 0.25) is 5.91 Å². The maximum Gasteiger partial charge on any atom is 0.264 e. The van der Waals surface area contributed by atoms with Crippen molar-refractivity contribution in [2.75, 3.05) is 44.1 Å². The predicted molar refractivity (Wildman–Crippen MR) is 122 cm³/mol. The van der Waals surface area contributed by atoms with Crippen molar-refractivity contribution in [3.8, 4) is 5.75 Å². The molecular formula is C23H31N3O4S. The quantitative estimate of drug-likeness (QED) is 0.569. The zero-order valence-corrected chi connectivity index (χ0v) is 19.0. The van der Waals surface area contributed by atoms with Crippen molar-refractivity contribution >= 4 is 21.6 Å². The highest BCUT2D eigenvalue weighted by molar-refractivity contribution is 7.92. The van der Waals surface area contributed by atoms with E-state index < -0.39 is 10.0 Å². The lowest BCUT2D eigenvalue weighted by Gasteiger charge is -2.24. The largest absolute Gasteiger partial charge is 0.497 e. The number of hydrogen-bond donors (Lipinski definition) is 1. The summed E-state index contributed by atoms with van der Waals surface area (Å²) in [5.74, 6) is 0.288. The van der Waals surface area contributed by atoms with E-state index in [0.717, 1.165) is 35.9 Å². The van der Waals surface area contributed by atoms with Crippen LogP contribution in [0.1, 0.15) is 24.8 Å². The van der Waals surface area contributed by atoms with Gasteiger partial charge in [-0.1, -0.05) is 17.7 Å². The fourth-order valence-corrected chi connectivity index (χ4v) is 5.05. The van der Waals surface area contributed by atoms with Crippen molar-refractivity contribution < 1.29 is 17.9 Å². The van der Waals surface area contributed by atoms with Gasteiger partial charge in [0.15, 0.2) is 0 Å². The molecule has 3 rings (SSSR count). The van der Waals surface area contributed by atoms with E-state index in [4.69, 9.17) is 4.74 Å². The molecular weight excluding hydrogens is 414 g/mol. The molecule has 1 aliphatic heterocycles. The summed E-state index contributed by atoms with van der Waals surface area (Å²) < 4.78 is 33.0. The zero-order chi connectivity index (χ0) is 22.3. The lowest BCUT2D eigenvalue weighted by molar-refractivity contribution is -0.119. The molecule has 1 saturated heterocycles. The van der Waals surface area contributed by atoms with E-state index in [1.54, 1.807) is 55.6 Å². The molecule has 1 N–H and O–H groups in total. The van der Waals surface area contributed by atoms with Gasteiger partial charge in [0.1, 0.15) is 12.3 Å². The number of aryl methyl sites for hydroxylation is 1. The van der Waals surface area contributed by atoms with Gasteiger partial charge in [0.25, 0.3) is 10.0 Å². The maximum absolute atomic E-state index is 13.3. The molecule has 31 heavy (non-hydrogen) atoms. The summed E-state index contributed by atoms with van der Waals surface area (Å²) in [6.45, 7) is 5.32. The Morgan fingerprint density at radius 2 is 1.71 bits per heavy atom. The molecule has 1 heterocycles. The van der Waals surface area contributed by atoms with Crippen LogP contribution in [0.4, 0.5) is 5.69 Å². The van der Waals surface area contributed by atoms with Gasteiger partial charge in [-0.3, -0.25) is 9.10 Å². The predicted octanol–water partition coefficient (Wildman–Crippen LogP) is 2.80. The third-order valence-corrected chi connectivity index (χ3v) is 7.22. The van der Waals surface area contributed by atoms with Crippen LogP contribution in [-0.4, -0.2) is 59.1 Å². The molecule has 0 unspecified atom stereocenters. The Balaban J connectivity index is 1.71. The van der Waals surface area contributed by atoms with E-state index in [1.165, 1.54) is 12.8 Å². The second kappa shape index (κ2) is 10.6. The molecule has 8 heteroatoms. The number of likely N-dealkylation sites (tertiary alicyclic amines) is 1. The van der Waals surface area contributed by atoms with Gasteiger partial charge in [0.05, 0.1) is 17.7 Å². The van der Waals surface area contributed by atoms with Crippen LogP contribution >= 0.6 is 0 Å². The molecule has 0 aliphatic carbocycles. The molecule has 1 fully saturated rings. The van der Waals surface area contributed by atoms with E-state index in [2.05, 4.69) is 10.2 Å². The number of carbonyl (C=O) groups excluding carboxylic acids is 1. The molecule has 0 spiro atoms. The zero-order valence-electron chi connectivity index (χ0n) is 18.2. The molecule has 1 aliphatic rings.